The standard InChI is InChI=1S/C12H16F2N2O/c1-3-15-8(2)7-16-12(17)9-4-10(13)6-11(14)5-9/h4-6,8,15H,3,7H2,1-2H3,(H,16,17)/t8-/m1/s1. The number of hydrogen-bond acceptors (Lipinski definition) is 2. The van der Waals surface area contributed by atoms with Crippen molar-refractivity contribution in [2.24, 2.45) is 0 Å². The number of carbonyl (C=O) groups excluding carboxylic acids is 1. The molecule has 94 valence electrons. The molecule has 2 N–H and O–H groups in total. The summed E-state index contributed by atoms with van der Waals surface area (Å²) in [7, 11) is 0. The molecule has 1 atom stereocenters. The number of carbonyl (C=O) groups is 1. The zero-order chi connectivity index (χ0) is 12.8. The molecule has 1 amide bonds. The van der Waals surface area contributed by atoms with Crippen LogP contribution in [0.15, 0.2) is 18.2 Å². The van der Waals surface area contributed by atoms with Crippen molar-refractivity contribution < 1.29 is 13.6 Å². The Bertz CT molecular complexity index is 376. The molecule has 0 unspecified atom stereocenters. The van der Waals surface area contributed by atoms with Crippen LogP contribution in [0.25, 0.3) is 0 Å². The van der Waals surface area contributed by atoms with Crippen molar-refractivity contribution in [1.29, 1.82) is 0 Å². The van der Waals surface area contributed by atoms with Gasteiger partial charge in [-0.2, -0.15) is 0 Å². The molecule has 0 bridgehead atoms. The first-order chi connectivity index (χ1) is 8.02. The minimum Gasteiger partial charge on any atom is -0.350 e. The first-order valence-electron chi connectivity index (χ1n) is 5.50. The molecule has 1 aromatic carbocycles. The van der Waals surface area contributed by atoms with E-state index in [4.69, 9.17) is 0 Å². The number of nitrogens with one attached hydrogen (secondary N) is 2. The van der Waals surface area contributed by atoms with Crippen LogP contribution < -0.4 is 10.6 Å². The Hall–Kier alpha value is -1.49. The molecule has 0 heterocycles. The molecule has 17 heavy (non-hydrogen) atoms. The summed E-state index contributed by atoms with van der Waals surface area (Å²) in [5.74, 6) is -1.99. The van der Waals surface area contributed by atoms with Gasteiger partial charge in [0.2, 0.25) is 0 Å². The van der Waals surface area contributed by atoms with Crippen LogP contribution in [0, 0.1) is 11.6 Å². The Labute approximate surface area is 99.2 Å². The van der Waals surface area contributed by atoms with Crippen LogP contribution in [0.3, 0.4) is 0 Å². The van der Waals surface area contributed by atoms with Crippen LogP contribution in [0.2, 0.25) is 0 Å². The van der Waals surface area contributed by atoms with Gasteiger partial charge in [-0.15, -0.1) is 0 Å². The molecule has 0 saturated heterocycles. The topological polar surface area (TPSA) is 41.1 Å². The van der Waals surface area contributed by atoms with Gasteiger partial charge in [0.15, 0.2) is 0 Å². The van der Waals surface area contributed by atoms with Gasteiger partial charge in [0, 0.05) is 24.2 Å². The van der Waals surface area contributed by atoms with Crippen LogP contribution >= 0.6 is 0 Å². The van der Waals surface area contributed by atoms with Crippen molar-refractivity contribution in [1.82, 2.24) is 10.6 Å². The molecule has 0 aliphatic heterocycles. The molecule has 0 aliphatic rings. The Morgan fingerprint density at radius 2 is 1.88 bits per heavy atom. The first kappa shape index (κ1) is 13.6. The van der Waals surface area contributed by atoms with E-state index in [0.29, 0.717) is 6.54 Å². The van der Waals surface area contributed by atoms with Crippen LogP contribution in [0.4, 0.5) is 8.78 Å². The van der Waals surface area contributed by atoms with Crippen LogP contribution in [-0.4, -0.2) is 25.0 Å². The highest BCUT2D eigenvalue weighted by atomic mass is 19.1. The van der Waals surface area contributed by atoms with Crippen LogP contribution in [0.1, 0.15) is 24.2 Å². The Morgan fingerprint density at radius 1 is 1.29 bits per heavy atom. The molecule has 0 aliphatic carbocycles. The number of amides is 1. The third-order valence-corrected chi connectivity index (χ3v) is 2.25. The fraction of sp³-hybridized carbons (Fsp3) is 0.417. The molecule has 0 fully saturated rings. The van der Waals surface area contributed by atoms with Crippen molar-refractivity contribution in [3.05, 3.63) is 35.4 Å². The Kier molecular flexibility index (Phi) is 5.03. The molecular weight excluding hydrogens is 226 g/mol. The third kappa shape index (κ3) is 4.48. The maximum atomic E-state index is 12.9. The van der Waals surface area contributed by atoms with Gasteiger partial charge in [-0.05, 0) is 25.6 Å². The quantitative estimate of drug-likeness (QED) is 0.825. The van der Waals surface area contributed by atoms with E-state index >= 15 is 0 Å². The molecule has 1 aromatic rings. The number of benzene rings is 1. The van der Waals surface area contributed by atoms with Gasteiger partial charge in [0.05, 0.1) is 0 Å². The summed E-state index contributed by atoms with van der Waals surface area (Å²) >= 11 is 0. The summed E-state index contributed by atoms with van der Waals surface area (Å²) < 4.78 is 25.8. The number of hydrogen-bond donors (Lipinski definition) is 2. The SMILES string of the molecule is CCN[C@H](C)CNC(=O)c1cc(F)cc(F)c1. The van der Waals surface area contributed by atoms with Gasteiger partial charge in [-0.25, -0.2) is 8.78 Å². The zero-order valence-electron chi connectivity index (χ0n) is 9.89. The highest BCUT2D eigenvalue weighted by Gasteiger charge is 2.09. The molecule has 0 radical (unpaired) electrons. The molecular formula is C12H16F2N2O. The van der Waals surface area contributed by atoms with Gasteiger partial charge in [-0.1, -0.05) is 6.92 Å². The maximum absolute atomic E-state index is 12.9. The normalized spacial score (nSPS) is 12.2. The average molecular weight is 242 g/mol. The first-order valence-corrected chi connectivity index (χ1v) is 5.50. The van der Waals surface area contributed by atoms with E-state index in [0.717, 1.165) is 24.7 Å². The molecule has 5 heteroatoms. The van der Waals surface area contributed by atoms with E-state index in [1.54, 1.807) is 0 Å². The number of likely N-dealkylation sites (N-methyl/N-ethyl adjacent to an activating group) is 1. The van der Waals surface area contributed by atoms with Gasteiger partial charge in [-0.3, -0.25) is 4.79 Å². The fourth-order valence-electron chi connectivity index (χ4n) is 1.45. The number of halogens is 2. The second-order valence-electron chi connectivity index (χ2n) is 3.83. The van der Waals surface area contributed by atoms with Crippen molar-refractivity contribution in [2.75, 3.05) is 13.1 Å². The molecule has 3 nitrogen and oxygen atoms in total. The minimum absolute atomic E-state index is 0.00815. The highest BCUT2D eigenvalue weighted by Crippen LogP contribution is 2.07. The summed E-state index contributed by atoms with van der Waals surface area (Å²) in [5.41, 5.74) is -0.00815. The maximum Gasteiger partial charge on any atom is 0.251 e. The smallest absolute Gasteiger partial charge is 0.251 e. The Morgan fingerprint density at radius 3 is 2.41 bits per heavy atom. The van der Waals surface area contributed by atoms with E-state index in [1.807, 2.05) is 13.8 Å². The molecule has 1 rings (SSSR count). The van der Waals surface area contributed by atoms with E-state index in [2.05, 4.69) is 10.6 Å². The van der Waals surface area contributed by atoms with E-state index in [1.165, 1.54) is 0 Å². The van der Waals surface area contributed by atoms with Gasteiger partial charge < -0.3 is 10.6 Å². The van der Waals surface area contributed by atoms with Crippen LogP contribution in [0.5, 0.6) is 0 Å². The lowest BCUT2D eigenvalue weighted by Crippen LogP contribution is -2.38. The lowest BCUT2D eigenvalue weighted by atomic mass is 10.2. The van der Waals surface area contributed by atoms with Crippen LogP contribution in [-0.2, 0) is 0 Å². The molecule has 0 spiro atoms. The predicted octanol–water partition coefficient (Wildman–Crippen LogP) is 1.69. The van der Waals surface area contributed by atoms with Gasteiger partial charge in [0.25, 0.3) is 5.91 Å². The summed E-state index contributed by atoms with van der Waals surface area (Å²) in [4.78, 5) is 11.6. The van der Waals surface area contributed by atoms with E-state index in [9.17, 15) is 13.6 Å². The summed E-state index contributed by atoms with van der Waals surface area (Å²) in [6, 6.07) is 2.87. The highest BCUT2D eigenvalue weighted by molar-refractivity contribution is 5.94. The van der Waals surface area contributed by atoms with Gasteiger partial charge in [0.1, 0.15) is 11.6 Å². The lowest BCUT2D eigenvalue weighted by Gasteiger charge is -2.13. The largest absolute Gasteiger partial charge is 0.350 e. The van der Waals surface area contributed by atoms with E-state index in [-0.39, 0.29) is 11.6 Å². The second-order valence-corrected chi connectivity index (χ2v) is 3.83. The average Bonchev–Trinajstić information content (AvgIpc) is 2.25. The monoisotopic (exact) mass is 242 g/mol. The number of rotatable bonds is 5. The molecule has 0 saturated carbocycles. The van der Waals surface area contributed by atoms with Gasteiger partial charge >= 0.3 is 0 Å². The Balaban J connectivity index is 2.58. The fourth-order valence-corrected chi connectivity index (χ4v) is 1.45. The van der Waals surface area contributed by atoms with Crippen molar-refractivity contribution in [3.8, 4) is 0 Å². The van der Waals surface area contributed by atoms with Crippen molar-refractivity contribution >= 4 is 5.91 Å². The second kappa shape index (κ2) is 6.30. The molecule has 0 aromatic heterocycles. The predicted molar refractivity (Wildman–Crippen MR) is 61.8 cm³/mol. The van der Waals surface area contributed by atoms with Crippen molar-refractivity contribution in [3.63, 3.8) is 0 Å². The summed E-state index contributed by atoms with van der Waals surface area (Å²) in [6.07, 6.45) is 0. The zero-order valence-corrected chi connectivity index (χ0v) is 9.89. The summed E-state index contributed by atoms with van der Waals surface area (Å²) in [5, 5.41) is 5.72. The van der Waals surface area contributed by atoms with Crippen molar-refractivity contribution in [2.45, 2.75) is 19.9 Å². The minimum atomic E-state index is -0.755. The third-order valence-electron chi connectivity index (χ3n) is 2.25. The lowest BCUT2D eigenvalue weighted by molar-refractivity contribution is 0.0949. The van der Waals surface area contributed by atoms with E-state index < -0.39 is 17.5 Å². The summed E-state index contributed by atoms with van der Waals surface area (Å²) in [6.45, 7) is 5.08.